The number of carboxylic acids is 1. The maximum Gasteiger partial charge on any atom is 0.306 e. The van der Waals surface area contributed by atoms with Crippen molar-refractivity contribution in [3.8, 4) is 0 Å². The van der Waals surface area contributed by atoms with Crippen LogP contribution in [0.3, 0.4) is 0 Å². The van der Waals surface area contributed by atoms with Gasteiger partial charge in [-0.1, -0.05) is 19.9 Å². The minimum Gasteiger partial charge on any atom is -0.481 e. The van der Waals surface area contributed by atoms with E-state index in [0.29, 0.717) is 24.3 Å². The number of nitrogens with zero attached hydrogens (tertiary/aromatic N) is 7. The Labute approximate surface area is 278 Å². The molecule has 1 saturated carbocycles. The molecule has 2 fully saturated rings. The number of hydrogen-bond donors (Lipinski definition) is 2. The van der Waals surface area contributed by atoms with Crippen LogP contribution in [0.4, 0.5) is 21.8 Å². The minimum absolute atomic E-state index is 0.0241. The zero-order chi connectivity index (χ0) is 33.1. The summed E-state index contributed by atoms with van der Waals surface area (Å²) in [7, 11) is 4.05. The molecule has 3 aromatic rings. The van der Waals surface area contributed by atoms with Gasteiger partial charge in [0.05, 0.1) is 23.9 Å². The van der Waals surface area contributed by atoms with Crippen LogP contribution in [0.1, 0.15) is 81.7 Å². The van der Waals surface area contributed by atoms with Crippen LogP contribution in [0, 0.1) is 23.6 Å². The summed E-state index contributed by atoms with van der Waals surface area (Å²) < 4.78 is 16.1. The molecule has 1 aromatic carbocycles. The number of benzene rings is 1. The van der Waals surface area contributed by atoms with Gasteiger partial charge in [0.2, 0.25) is 5.95 Å². The molecule has 6 rings (SSSR count). The second-order valence-corrected chi connectivity index (χ2v) is 14.1. The van der Waals surface area contributed by atoms with Crippen molar-refractivity contribution in [2.75, 3.05) is 48.3 Å². The Morgan fingerprint density at radius 2 is 1.98 bits per heavy atom. The molecule has 0 spiro atoms. The van der Waals surface area contributed by atoms with Gasteiger partial charge in [0.1, 0.15) is 11.6 Å². The standard InChI is InChI=1S/C36H51FN8O2/c1-5-33(25-11-13-26(14-12-25)35(46)47)43(4)36-40-31-15-17-45(29-10-6-9-28(37)18-29)22-30(31)34(41-36)39-32(27-19-38-42(3)21-27)23-44-16-7-8-24(2)20-44/h6,9-10,18-19,21,24-26,32-33H,5,7-8,11-17,20,22-23H2,1-4H3,(H,46,47)(H,39,40,41)/t24-,25?,26?,32-,33+/m0/s1. The summed E-state index contributed by atoms with van der Waals surface area (Å²) in [6.45, 7) is 8.86. The second-order valence-electron chi connectivity index (χ2n) is 14.1. The summed E-state index contributed by atoms with van der Waals surface area (Å²) in [5.41, 5.74) is 4.05. The highest BCUT2D eigenvalue weighted by Crippen LogP contribution is 2.37. The average molecular weight is 647 g/mol. The fourth-order valence-electron chi connectivity index (χ4n) is 8.12. The molecule has 2 aliphatic heterocycles. The van der Waals surface area contributed by atoms with Gasteiger partial charge < -0.3 is 25.1 Å². The largest absolute Gasteiger partial charge is 0.481 e. The Kier molecular flexibility index (Phi) is 10.3. The molecule has 11 heteroatoms. The predicted octanol–water partition coefficient (Wildman–Crippen LogP) is 5.90. The zero-order valence-electron chi connectivity index (χ0n) is 28.4. The van der Waals surface area contributed by atoms with E-state index in [1.807, 2.05) is 24.0 Å². The van der Waals surface area contributed by atoms with Gasteiger partial charge in [0.15, 0.2) is 0 Å². The molecule has 47 heavy (non-hydrogen) atoms. The van der Waals surface area contributed by atoms with Crippen LogP contribution >= 0.6 is 0 Å². The molecule has 0 amide bonds. The van der Waals surface area contributed by atoms with Crippen molar-refractivity contribution in [3.63, 3.8) is 0 Å². The first kappa shape index (κ1) is 33.2. The van der Waals surface area contributed by atoms with Crippen molar-refractivity contribution in [2.24, 2.45) is 24.8 Å². The zero-order valence-corrected chi connectivity index (χ0v) is 28.4. The summed E-state index contributed by atoms with van der Waals surface area (Å²) in [4.78, 5) is 29.1. The lowest BCUT2D eigenvalue weighted by Crippen LogP contribution is -2.42. The van der Waals surface area contributed by atoms with Crippen LogP contribution in [-0.4, -0.2) is 75.0 Å². The van der Waals surface area contributed by atoms with Gasteiger partial charge in [-0.15, -0.1) is 0 Å². The first-order chi connectivity index (χ1) is 22.7. The lowest BCUT2D eigenvalue weighted by molar-refractivity contribution is -0.143. The highest BCUT2D eigenvalue weighted by Gasteiger charge is 2.34. The number of carbonyl (C=O) groups is 1. The Morgan fingerprint density at radius 1 is 1.17 bits per heavy atom. The number of halogens is 1. The van der Waals surface area contributed by atoms with Gasteiger partial charge in [-0.3, -0.25) is 9.48 Å². The molecule has 1 aliphatic carbocycles. The van der Waals surface area contributed by atoms with Crippen LogP contribution in [0.5, 0.6) is 0 Å². The number of rotatable bonds is 11. The van der Waals surface area contributed by atoms with Crippen molar-refractivity contribution >= 4 is 23.4 Å². The first-order valence-corrected chi connectivity index (χ1v) is 17.5. The number of piperidine rings is 1. The topological polar surface area (TPSA) is 103 Å². The fourth-order valence-corrected chi connectivity index (χ4v) is 8.12. The number of hydrogen-bond acceptors (Lipinski definition) is 8. The average Bonchev–Trinajstić information content (AvgIpc) is 3.50. The van der Waals surface area contributed by atoms with E-state index in [2.05, 4.69) is 52.2 Å². The molecule has 0 bridgehead atoms. The van der Waals surface area contributed by atoms with Crippen molar-refractivity contribution in [3.05, 3.63) is 59.3 Å². The normalized spacial score (nSPS) is 23.2. The van der Waals surface area contributed by atoms with E-state index in [9.17, 15) is 14.3 Å². The highest BCUT2D eigenvalue weighted by molar-refractivity contribution is 5.70. The van der Waals surface area contributed by atoms with Crippen LogP contribution < -0.4 is 15.1 Å². The number of fused-ring (bicyclic) bond motifs is 1. The van der Waals surface area contributed by atoms with Gasteiger partial charge in [0, 0.05) is 75.7 Å². The van der Waals surface area contributed by atoms with Crippen LogP contribution in [0.2, 0.25) is 0 Å². The van der Waals surface area contributed by atoms with E-state index in [1.54, 1.807) is 12.1 Å². The lowest BCUT2D eigenvalue weighted by Gasteiger charge is -2.39. The molecule has 254 valence electrons. The maximum absolute atomic E-state index is 14.3. The van der Waals surface area contributed by atoms with E-state index < -0.39 is 5.97 Å². The monoisotopic (exact) mass is 646 g/mol. The Morgan fingerprint density at radius 3 is 2.66 bits per heavy atom. The molecule has 3 aliphatic rings. The minimum atomic E-state index is -0.673. The van der Waals surface area contributed by atoms with Gasteiger partial charge in [-0.25, -0.2) is 9.37 Å². The van der Waals surface area contributed by atoms with Crippen molar-refractivity contribution < 1.29 is 14.3 Å². The van der Waals surface area contributed by atoms with Crippen LogP contribution in [0.15, 0.2) is 36.7 Å². The van der Waals surface area contributed by atoms with Gasteiger partial charge in [-0.2, -0.15) is 10.1 Å². The quantitative estimate of drug-likeness (QED) is 0.264. The lowest BCUT2D eigenvalue weighted by atomic mass is 9.77. The fraction of sp³-hybridized carbons (Fsp3) is 0.611. The van der Waals surface area contributed by atoms with Crippen molar-refractivity contribution in [2.45, 2.75) is 83.8 Å². The Bertz CT molecular complexity index is 1520. The SMILES string of the molecule is CC[C@H](C1CCC(C(=O)O)CC1)N(C)c1nc2c(c(N[C@@H](CN3CCC[C@H](C)C3)c3cnn(C)c3)n1)CN(c1cccc(F)c1)CC2. The van der Waals surface area contributed by atoms with Crippen molar-refractivity contribution in [1.82, 2.24) is 24.6 Å². The number of anilines is 3. The molecule has 0 radical (unpaired) electrons. The van der Waals surface area contributed by atoms with Gasteiger partial charge >= 0.3 is 5.97 Å². The molecule has 3 atom stereocenters. The molecular formula is C36H51FN8O2. The Hall–Kier alpha value is -3.73. The second kappa shape index (κ2) is 14.6. The number of aryl methyl sites for hydroxylation is 1. The van der Waals surface area contributed by atoms with Crippen LogP contribution in [-0.2, 0) is 24.8 Å². The summed E-state index contributed by atoms with van der Waals surface area (Å²) in [6.07, 6.45) is 11.4. The third-order valence-corrected chi connectivity index (χ3v) is 10.7. The molecule has 4 heterocycles. The predicted molar refractivity (Wildman–Crippen MR) is 183 cm³/mol. The Balaban J connectivity index is 1.34. The van der Waals surface area contributed by atoms with E-state index in [-0.39, 0.29) is 23.8 Å². The van der Waals surface area contributed by atoms with Crippen LogP contribution in [0.25, 0.3) is 0 Å². The first-order valence-electron chi connectivity index (χ1n) is 17.5. The summed E-state index contributed by atoms with van der Waals surface area (Å²) in [5.74, 6) is 1.43. The molecule has 2 N–H and O–H groups in total. The van der Waals surface area contributed by atoms with Gasteiger partial charge in [0.25, 0.3) is 0 Å². The van der Waals surface area contributed by atoms with Gasteiger partial charge in [-0.05, 0) is 81.5 Å². The smallest absolute Gasteiger partial charge is 0.306 e. The number of likely N-dealkylation sites (tertiary alicyclic amines) is 1. The third-order valence-electron chi connectivity index (χ3n) is 10.7. The number of carboxylic acid groups (broad SMARTS) is 1. The third kappa shape index (κ3) is 7.71. The molecule has 0 unspecified atom stereocenters. The molecule has 1 saturated heterocycles. The number of aromatic nitrogens is 4. The molecule has 10 nitrogen and oxygen atoms in total. The maximum atomic E-state index is 14.3. The number of nitrogens with one attached hydrogen (secondary N) is 1. The number of aliphatic carboxylic acids is 1. The molecule has 2 aromatic heterocycles. The molecular weight excluding hydrogens is 595 g/mol. The van der Waals surface area contributed by atoms with E-state index in [0.717, 1.165) is 93.0 Å². The summed E-state index contributed by atoms with van der Waals surface area (Å²) in [6, 6.07) is 7.00. The van der Waals surface area contributed by atoms with Crippen molar-refractivity contribution in [1.29, 1.82) is 0 Å². The van der Waals surface area contributed by atoms with E-state index in [4.69, 9.17) is 9.97 Å². The summed E-state index contributed by atoms with van der Waals surface area (Å²) >= 11 is 0. The summed E-state index contributed by atoms with van der Waals surface area (Å²) in [5, 5.41) is 18.0. The van der Waals surface area contributed by atoms with E-state index >= 15 is 0 Å². The van der Waals surface area contributed by atoms with E-state index in [1.165, 1.54) is 18.9 Å². The highest BCUT2D eigenvalue weighted by atomic mass is 19.1.